The lowest BCUT2D eigenvalue weighted by molar-refractivity contribution is 0.0698. The number of benzene rings is 1. The van der Waals surface area contributed by atoms with Crippen LogP contribution in [0.25, 0.3) is 0 Å². The molecule has 2 aromatic rings. The number of anilines is 1. The molecule has 21 heavy (non-hydrogen) atoms. The molecule has 1 heterocycles. The highest BCUT2D eigenvalue weighted by Gasteiger charge is 2.18. The number of aromatic carboxylic acids is 1. The molecule has 1 aromatic heterocycles. The van der Waals surface area contributed by atoms with E-state index >= 15 is 0 Å². The van der Waals surface area contributed by atoms with Crippen LogP contribution >= 0.6 is 23.2 Å². The number of carboxylic acid groups (broad SMARTS) is 1. The number of nitrogens with one attached hydrogen (secondary N) is 1. The third kappa shape index (κ3) is 3.04. The Morgan fingerprint density at radius 1 is 1.24 bits per heavy atom. The molecular formula is C14H12Cl2N2O3. The SMILES string of the molecule is Cc1ccc(NC(=O)c2cc(Cl)c(Cl)n2C)c(C(=O)O)c1. The monoisotopic (exact) mass is 326 g/mol. The molecule has 1 amide bonds. The average molecular weight is 327 g/mol. The van der Waals surface area contributed by atoms with Gasteiger partial charge in [0.15, 0.2) is 0 Å². The molecule has 2 rings (SSSR count). The predicted octanol–water partition coefficient (Wildman–Crippen LogP) is 3.59. The van der Waals surface area contributed by atoms with Crippen molar-refractivity contribution in [3.8, 4) is 0 Å². The van der Waals surface area contributed by atoms with Gasteiger partial charge in [0.25, 0.3) is 5.91 Å². The summed E-state index contributed by atoms with van der Waals surface area (Å²) >= 11 is 11.8. The molecule has 0 radical (unpaired) electrons. The molecule has 0 saturated heterocycles. The number of carbonyl (C=O) groups is 2. The van der Waals surface area contributed by atoms with E-state index in [0.717, 1.165) is 5.56 Å². The van der Waals surface area contributed by atoms with Crippen LogP contribution in [0, 0.1) is 6.92 Å². The van der Waals surface area contributed by atoms with Crippen LogP contribution in [-0.2, 0) is 7.05 Å². The van der Waals surface area contributed by atoms with Crippen molar-refractivity contribution in [2.45, 2.75) is 6.92 Å². The van der Waals surface area contributed by atoms with E-state index < -0.39 is 11.9 Å². The molecule has 0 aliphatic carbocycles. The molecule has 0 spiro atoms. The number of aromatic nitrogens is 1. The Bertz CT molecular complexity index is 738. The average Bonchev–Trinajstić information content (AvgIpc) is 2.68. The van der Waals surface area contributed by atoms with Crippen molar-refractivity contribution in [3.05, 3.63) is 51.3 Å². The van der Waals surface area contributed by atoms with E-state index in [1.165, 1.54) is 16.7 Å². The topological polar surface area (TPSA) is 71.3 Å². The highest BCUT2D eigenvalue weighted by Crippen LogP contribution is 2.26. The summed E-state index contributed by atoms with van der Waals surface area (Å²) in [6, 6.07) is 6.17. The second kappa shape index (κ2) is 5.79. The first-order valence-corrected chi connectivity index (χ1v) is 6.73. The first-order valence-electron chi connectivity index (χ1n) is 5.97. The molecule has 2 N–H and O–H groups in total. The van der Waals surface area contributed by atoms with Crippen LogP contribution in [0.4, 0.5) is 5.69 Å². The quantitative estimate of drug-likeness (QED) is 0.905. The van der Waals surface area contributed by atoms with E-state index in [1.807, 2.05) is 0 Å². The Morgan fingerprint density at radius 3 is 2.43 bits per heavy atom. The Kier molecular flexibility index (Phi) is 4.25. The summed E-state index contributed by atoms with van der Waals surface area (Å²) in [4.78, 5) is 23.4. The number of nitrogens with zero attached hydrogens (tertiary/aromatic N) is 1. The van der Waals surface area contributed by atoms with Gasteiger partial charge in [-0.1, -0.05) is 34.8 Å². The number of rotatable bonds is 3. The summed E-state index contributed by atoms with van der Waals surface area (Å²) < 4.78 is 1.42. The highest BCUT2D eigenvalue weighted by molar-refractivity contribution is 6.42. The van der Waals surface area contributed by atoms with Crippen molar-refractivity contribution in [1.29, 1.82) is 0 Å². The van der Waals surface area contributed by atoms with Crippen molar-refractivity contribution < 1.29 is 14.7 Å². The third-order valence-corrected chi connectivity index (χ3v) is 3.84. The van der Waals surface area contributed by atoms with Gasteiger partial charge in [-0.05, 0) is 25.1 Å². The molecule has 110 valence electrons. The molecule has 0 bridgehead atoms. The summed E-state index contributed by atoms with van der Waals surface area (Å²) in [5.74, 6) is -1.60. The number of halogens is 2. The van der Waals surface area contributed by atoms with Crippen LogP contribution in [0.15, 0.2) is 24.3 Å². The molecule has 0 aliphatic heterocycles. The zero-order valence-corrected chi connectivity index (χ0v) is 12.8. The summed E-state index contributed by atoms with van der Waals surface area (Å²) in [5, 5.41) is 12.2. The van der Waals surface area contributed by atoms with Crippen LogP contribution in [-0.4, -0.2) is 21.6 Å². The normalized spacial score (nSPS) is 10.5. The molecule has 0 fully saturated rings. The number of aryl methyl sites for hydroxylation is 1. The van der Waals surface area contributed by atoms with Crippen molar-refractivity contribution in [1.82, 2.24) is 4.57 Å². The van der Waals surface area contributed by atoms with E-state index in [0.29, 0.717) is 0 Å². The van der Waals surface area contributed by atoms with Gasteiger partial charge in [-0.25, -0.2) is 4.79 Å². The molecule has 0 atom stereocenters. The number of carboxylic acids is 1. The number of hydrogen-bond acceptors (Lipinski definition) is 2. The van der Waals surface area contributed by atoms with Crippen LogP contribution in [0.5, 0.6) is 0 Å². The lowest BCUT2D eigenvalue weighted by Crippen LogP contribution is -2.17. The van der Waals surface area contributed by atoms with Gasteiger partial charge in [0.1, 0.15) is 10.8 Å². The first kappa shape index (κ1) is 15.4. The summed E-state index contributed by atoms with van der Waals surface area (Å²) in [6.45, 7) is 1.77. The number of hydrogen-bond donors (Lipinski definition) is 2. The highest BCUT2D eigenvalue weighted by atomic mass is 35.5. The summed E-state index contributed by atoms with van der Waals surface area (Å²) in [6.07, 6.45) is 0. The van der Waals surface area contributed by atoms with Crippen molar-refractivity contribution in [2.24, 2.45) is 7.05 Å². The second-order valence-electron chi connectivity index (χ2n) is 4.54. The summed E-state index contributed by atoms with van der Waals surface area (Å²) in [7, 11) is 1.59. The summed E-state index contributed by atoms with van der Waals surface area (Å²) in [5.41, 5.74) is 1.26. The molecule has 5 nitrogen and oxygen atoms in total. The maximum Gasteiger partial charge on any atom is 0.337 e. The fourth-order valence-corrected chi connectivity index (χ4v) is 2.27. The first-order chi connectivity index (χ1) is 9.81. The Balaban J connectivity index is 2.36. The van der Waals surface area contributed by atoms with Crippen LogP contribution in [0.3, 0.4) is 0 Å². The zero-order chi connectivity index (χ0) is 15.7. The van der Waals surface area contributed by atoms with E-state index in [-0.39, 0.29) is 27.1 Å². The molecule has 0 unspecified atom stereocenters. The Hall–Kier alpha value is -1.98. The fraction of sp³-hybridized carbons (Fsp3) is 0.143. The van der Waals surface area contributed by atoms with E-state index in [1.54, 1.807) is 26.1 Å². The van der Waals surface area contributed by atoms with Gasteiger partial charge in [0.05, 0.1) is 16.3 Å². The van der Waals surface area contributed by atoms with Gasteiger partial charge in [-0.15, -0.1) is 0 Å². The van der Waals surface area contributed by atoms with Crippen molar-refractivity contribution >= 4 is 40.8 Å². The van der Waals surface area contributed by atoms with Crippen LogP contribution in [0.2, 0.25) is 10.2 Å². The minimum Gasteiger partial charge on any atom is -0.478 e. The number of amides is 1. The molecule has 0 saturated carbocycles. The van der Waals surface area contributed by atoms with Gasteiger partial charge < -0.3 is 15.0 Å². The maximum absolute atomic E-state index is 12.2. The van der Waals surface area contributed by atoms with Crippen LogP contribution < -0.4 is 5.32 Å². The Morgan fingerprint density at radius 2 is 1.90 bits per heavy atom. The number of carbonyl (C=O) groups excluding carboxylic acids is 1. The molecule has 7 heteroatoms. The standard InChI is InChI=1S/C14H12Cl2N2O3/c1-7-3-4-10(8(5-7)14(20)21)17-13(19)11-6-9(15)12(16)18(11)2/h3-6H,1-2H3,(H,17,19)(H,20,21). The van der Waals surface area contributed by atoms with Crippen molar-refractivity contribution in [3.63, 3.8) is 0 Å². The minimum atomic E-state index is -1.11. The zero-order valence-electron chi connectivity index (χ0n) is 11.3. The Labute approximate surface area is 131 Å². The fourth-order valence-electron chi connectivity index (χ4n) is 1.89. The lowest BCUT2D eigenvalue weighted by atomic mass is 10.1. The van der Waals surface area contributed by atoms with Gasteiger partial charge in [0, 0.05) is 7.05 Å². The minimum absolute atomic E-state index is 0.0229. The van der Waals surface area contributed by atoms with Gasteiger partial charge in [-0.2, -0.15) is 0 Å². The lowest BCUT2D eigenvalue weighted by Gasteiger charge is -2.10. The molecule has 0 aliphatic rings. The van der Waals surface area contributed by atoms with Gasteiger partial charge in [-0.3, -0.25) is 4.79 Å². The maximum atomic E-state index is 12.2. The third-order valence-electron chi connectivity index (χ3n) is 3.00. The van der Waals surface area contributed by atoms with Gasteiger partial charge >= 0.3 is 5.97 Å². The predicted molar refractivity (Wildman–Crippen MR) is 81.5 cm³/mol. The smallest absolute Gasteiger partial charge is 0.337 e. The van der Waals surface area contributed by atoms with Gasteiger partial charge in [0.2, 0.25) is 0 Å². The molecule has 1 aromatic carbocycles. The van der Waals surface area contributed by atoms with E-state index in [4.69, 9.17) is 23.2 Å². The largest absolute Gasteiger partial charge is 0.478 e. The molecular weight excluding hydrogens is 315 g/mol. The van der Waals surface area contributed by atoms with E-state index in [9.17, 15) is 14.7 Å². The van der Waals surface area contributed by atoms with Crippen LogP contribution in [0.1, 0.15) is 26.4 Å². The second-order valence-corrected chi connectivity index (χ2v) is 5.30. The van der Waals surface area contributed by atoms with E-state index in [2.05, 4.69) is 5.32 Å². The van der Waals surface area contributed by atoms with Crippen molar-refractivity contribution in [2.75, 3.05) is 5.32 Å².